The van der Waals surface area contributed by atoms with Crippen molar-refractivity contribution >= 4 is 60.0 Å². The number of hydrogen-bond acceptors (Lipinski definition) is 8. The standard InChI is InChI=1S/C16H24ClN3O5SSi/c1-16(2,14(23)24-6-7-27(3,4)5)25-20-11(9-21)12-10-26-15(18-12)19-13(22)8-17/h9-10H,6-8H2,1-5H3,(H,18,19,22). The number of esters is 1. The number of thiazole rings is 1. The Labute approximate surface area is 168 Å². The van der Waals surface area contributed by atoms with Gasteiger partial charge in [0.05, 0.1) is 6.61 Å². The predicted molar refractivity (Wildman–Crippen MR) is 108 cm³/mol. The molecular weight excluding hydrogens is 410 g/mol. The summed E-state index contributed by atoms with van der Waals surface area (Å²) < 4.78 is 5.25. The molecule has 27 heavy (non-hydrogen) atoms. The van der Waals surface area contributed by atoms with E-state index in [1.807, 2.05) is 0 Å². The third-order valence-electron chi connectivity index (χ3n) is 3.19. The van der Waals surface area contributed by atoms with Gasteiger partial charge in [-0.3, -0.25) is 9.59 Å². The average molecular weight is 434 g/mol. The van der Waals surface area contributed by atoms with Crippen molar-refractivity contribution in [2.75, 3.05) is 17.8 Å². The van der Waals surface area contributed by atoms with E-state index in [9.17, 15) is 14.4 Å². The number of aromatic nitrogens is 1. The summed E-state index contributed by atoms with van der Waals surface area (Å²) in [6, 6.07) is 0.841. The molecule has 0 saturated heterocycles. The third kappa shape index (κ3) is 8.18. The normalized spacial score (nSPS) is 12.4. The quantitative estimate of drug-likeness (QED) is 0.152. The first-order valence-corrected chi connectivity index (χ1v) is 13.3. The van der Waals surface area contributed by atoms with Gasteiger partial charge in [0.2, 0.25) is 11.5 Å². The lowest BCUT2D eigenvalue weighted by Gasteiger charge is -2.22. The average Bonchev–Trinajstić information content (AvgIpc) is 3.02. The molecule has 0 aliphatic carbocycles. The maximum atomic E-state index is 12.2. The Morgan fingerprint density at radius 3 is 2.63 bits per heavy atom. The summed E-state index contributed by atoms with van der Waals surface area (Å²) in [4.78, 5) is 44.0. The summed E-state index contributed by atoms with van der Waals surface area (Å²) in [7, 11) is -1.32. The number of carbonyl (C=O) groups excluding carboxylic acids is 3. The smallest absolute Gasteiger partial charge is 0.352 e. The number of ether oxygens (including phenoxy) is 1. The molecule has 0 aliphatic rings. The number of halogens is 1. The van der Waals surface area contributed by atoms with Gasteiger partial charge in [0.25, 0.3) is 0 Å². The van der Waals surface area contributed by atoms with E-state index in [-0.39, 0.29) is 22.4 Å². The molecule has 1 amide bonds. The number of oxime groups is 1. The molecule has 150 valence electrons. The fraction of sp³-hybridized carbons (Fsp3) is 0.562. The molecule has 0 aliphatic heterocycles. The summed E-state index contributed by atoms with van der Waals surface area (Å²) in [5, 5.41) is 8.01. The van der Waals surface area contributed by atoms with Gasteiger partial charge in [0, 0.05) is 13.5 Å². The molecule has 0 atom stereocenters. The van der Waals surface area contributed by atoms with E-state index in [1.54, 1.807) is 0 Å². The Hall–Kier alpha value is -1.78. The van der Waals surface area contributed by atoms with Crippen LogP contribution in [0.5, 0.6) is 0 Å². The molecule has 0 spiro atoms. The first kappa shape index (κ1) is 23.3. The number of rotatable bonds is 10. The SMILES string of the molecule is CC(C)(ON=C(C=O)c1csc(NC(=O)CCl)n1)C(=O)OCC[Si](C)(C)C. The molecule has 0 saturated carbocycles. The van der Waals surface area contributed by atoms with Crippen LogP contribution in [0.1, 0.15) is 19.5 Å². The van der Waals surface area contributed by atoms with E-state index in [1.165, 1.54) is 19.2 Å². The first-order valence-electron chi connectivity index (χ1n) is 8.19. The number of amides is 1. The first-order chi connectivity index (χ1) is 12.5. The van der Waals surface area contributed by atoms with E-state index in [0.717, 1.165) is 17.4 Å². The summed E-state index contributed by atoms with van der Waals surface area (Å²) in [6.07, 6.45) is 0.453. The zero-order valence-corrected chi connectivity index (χ0v) is 18.6. The number of carbonyl (C=O) groups is 3. The predicted octanol–water partition coefficient (Wildman–Crippen LogP) is 2.90. The summed E-state index contributed by atoms with van der Waals surface area (Å²) >= 11 is 6.52. The zero-order chi connectivity index (χ0) is 20.7. The van der Waals surface area contributed by atoms with Crippen LogP contribution < -0.4 is 5.32 Å². The van der Waals surface area contributed by atoms with Gasteiger partial charge in [-0.05, 0) is 19.9 Å². The van der Waals surface area contributed by atoms with Gasteiger partial charge in [0.1, 0.15) is 11.6 Å². The second-order valence-electron chi connectivity index (χ2n) is 7.36. The topological polar surface area (TPSA) is 107 Å². The molecule has 1 aromatic rings. The number of nitrogens with zero attached hydrogens (tertiary/aromatic N) is 2. The van der Waals surface area contributed by atoms with Crippen molar-refractivity contribution in [1.29, 1.82) is 0 Å². The van der Waals surface area contributed by atoms with Crippen LogP contribution in [0.3, 0.4) is 0 Å². The Morgan fingerprint density at radius 2 is 2.07 bits per heavy atom. The van der Waals surface area contributed by atoms with Crippen molar-refractivity contribution in [2.24, 2.45) is 5.16 Å². The molecule has 0 fully saturated rings. The molecule has 0 radical (unpaired) electrons. The van der Waals surface area contributed by atoms with Crippen molar-refractivity contribution in [2.45, 2.75) is 45.1 Å². The highest BCUT2D eigenvalue weighted by atomic mass is 35.5. The van der Waals surface area contributed by atoms with Crippen molar-refractivity contribution in [3.05, 3.63) is 11.1 Å². The molecular formula is C16H24ClN3O5SSi. The monoisotopic (exact) mass is 433 g/mol. The molecule has 0 aromatic carbocycles. The number of anilines is 1. The van der Waals surface area contributed by atoms with Crippen molar-refractivity contribution in [1.82, 2.24) is 4.98 Å². The minimum atomic E-state index is -1.36. The van der Waals surface area contributed by atoms with Crippen molar-refractivity contribution < 1.29 is 24.0 Å². The van der Waals surface area contributed by atoms with Gasteiger partial charge in [-0.15, -0.1) is 22.9 Å². The fourth-order valence-electron chi connectivity index (χ4n) is 1.55. The minimum absolute atomic E-state index is 0.111. The molecule has 1 N–H and O–H groups in total. The van der Waals surface area contributed by atoms with Gasteiger partial charge in [-0.1, -0.05) is 24.8 Å². The molecule has 0 bridgehead atoms. The van der Waals surface area contributed by atoms with Gasteiger partial charge in [0.15, 0.2) is 17.1 Å². The lowest BCUT2D eigenvalue weighted by atomic mass is 10.1. The van der Waals surface area contributed by atoms with Crippen LogP contribution in [0.4, 0.5) is 5.13 Å². The van der Waals surface area contributed by atoms with Crippen LogP contribution >= 0.6 is 22.9 Å². The van der Waals surface area contributed by atoms with Crippen molar-refractivity contribution in [3.8, 4) is 0 Å². The maximum Gasteiger partial charge on any atom is 0.352 e. The number of aldehydes is 1. The highest BCUT2D eigenvalue weighted by Crippen LogP contribution is 2.18. The van der Waals surface area contributed by atoms with E-state index in [4.69, 9.17) is 21.2 Å². The molecule has 1 rings (SSSR count). The van der Waals surface area contributed by atoms with Crippen molar-refractivity contribution in [3.63, 3.8) is 0 Å². The summed E-state index contributed by atoms with van der Waals surface area (Å²) in [6.45, 7) is 9.87. The Morgan fingerprint density at radius 1 is 1.41 bits per heavy atom. The van der Waals surface area contributed by atoms with Gasteiger partial charge in [-0.2, -0.15) is 0 Å². The van der Waals surface area contributed by atoms with Crippen LogP contribution in [0.25, 0.3) is 0 Å². The maximum absolute atomic E-state index is 12.2. The van der Waals surface area contributed by atoms with Crippen LogP contribution in [-0.4, -0.2) is 55.0 Å². The third-order valence-corrected chi connectivity index (χ3v) is 5.90. The van der Waals surface area contributed by atoms with Gasteiger partial charge in [-0.25, -0.2) is 9.78 Å². The largest absolute Gasteiger partial charge is 0.463 e. The zero-order valence-electron chi connectivity index (χ0n) is 16.0. The highest BCUT2D eigenvalue weighted by Gasteiger charge is 2.33. The number of alkyl halides is 1. The number of hydrogen-bond donors (Lipinski definition) is 1. The summed E-state index contributed by atoms with van der Waals surface area (Å²) in [5.74, 6) is -1.19. The highest BCUT2D eigenvalue weighted by molar-refractivity contribution is 7.14. The van der Waals surface area contributed by atoms with Crippen LogP contribution in [0, 0.1) is 0 Å². The van der Waals surface area contributed by atoms with E-state index in [0.29, 0.717) is 12.9 Å². The Balaban J connectivity index is 2.74. The van der Waals surface area contributed by atoms with Gasteiger partial charge >= 0.3 is 5.97 Å². The Kier molecular flexibility index (Phi) is 8.57. The minimum Gasteiger partial charge on any atom is -0.463 e. The van der Waals surface area contributed by atoms with E-state index < -0.39 is 25.6 Å². The van der Waals surface area contributed by atoms with Gasteiger partial charge < -0.3 is 14.9 Å². The molecule has 8 nitrogen and oxygen atoms in total. The summed E-state index contributed by atoms with van der Waals surface area (Å²) in [5.41, 5.74) is -1.26. The second kappa shape index (κ2) is 9.95. The molecule has 0 unspecified atom stereocenters. The lowest BCUT2D eigenvalue weighted by Crippen LogP contribution is -2.36. The van der Waals surface area contributed by atoms with Crippen LogP contribution in [-0.2, 0) is 24.0 Å². The molecule has 1 aromatic heterocycles. The molecule has 11 heteroatoms. The fourth-order valence-corrected chi connectivity index (χ4v) is 3.06. The van der Waals surface area contributed by atoms with Crippen LogP contribution in [0.2, 0.25) is 25.7 Å². The Bertz CT molecular complexity index is 715. The second-order valence-corrected chi connectivity index (χ2v) is 14.1. The van der Waals surface area contributed by atoms with E-state index in [2.05, 4.69) is 35.1 Å². The lowest BCUT2D eigenvalue weighted by molar-refractivity contribution is -0.167. The van der Waals surface area contributed by atoms with Crippen LogP contribution in [0.15, 0.2) is 10.5 Å². The van der Waals surface area contributed by atoms with E-state index >= 15 is 0 Å². The molecule has 1 heterocycles. The number of nitrogens with one attached hydrogen (secondary N) is 1.